The SMILES string of the molecule is C[C@]1(CO)CS(=O)(=O)c2ccccc2[C@@H](c2ccccc2)N1.Cl. The number of benzene rings is 2. The molecule has 0 spiro atoms. The lowest BCUT2D eigenvalue weighted by Crippen LogP contribution is -2.50. The van der Waals surface area contributed by atoms with Gasteiger partial charge in [0.25, 0.3) is 0 Å². The van der Waals surface area contributed by atoms with E-state index >= 15 is 0 Å². The molecule has 4 nitrogen and oxygen atoms in total. The molecule has 6 heteroatoms. The van der Waals surface area contributed by atoms with Crippen molar-refractivity contribution in [2.24, 2.45) is 0 Å². The van der Waals surface area contributed by atoms with Crippen LogP contribution >= 0.6 is 12.4 Å². The summed E-state index contributed by atoms with van der Waals surface area (Å²) in [5.41, 5.74) is 0.816. The van der Waals surface area contributed by atoms with E-state index in [1.165, 1.54) is 0 Å². The molecule has 0 amide bonds. The molecular formula is C17H20ClNO3S. The molecule has 23 heavy (non-hydrogen) atoms. The van der Waals surface area contributed by atoms with Crippen molar-refractivity contribution in [3.63, 3.8) is 0 Å². The van der Waals surface area contributed by atoms with Gasteiger partial charge in [0, 0.05) is 0 Å². The van der Waals surface area contributed by atoms with Crippen LogP contribution in [0.15, 0.2) is 59.5 Å². The number of nitrogens with one attached hydrogen (secondary N) is 1. The van der Waals surface area contributed by atoms with E-state index in [1.54, 1.807) is 19.1 Å². The van der Waals surface area contributed by atoms with Gasteiger partial charge in [0.1, 0.15) is 0 Å². The van der Waals surface area contributed by atoms with Crippen molar-refractivity contribution >= 4 is 22.2 Å². The van der Waals surface area contributed by atoms with Crippen molar-refractivity contribution in [1.29, 1.82) is 0 Å². The number of rotatable bonds is 2. The third-order valence-corrected chi connectivity index (χ3v) is 6.11. The van der Waals surface area contributed by atoms with Crippen molar-refractivity contribution in [3.8, 4) is 0 Å². The summed E-state index contributed by atoms with van der Waals surface area (Å²) >= 11 is 0. The quantitative estimate of drug-likeness (QED) is 0.869. The first-order valence-corrected chi connectivity index (χ1v) is 8.86. The largest absolute Gasteiger partial charge is 0.394 e. The van der Waals surface area contributed by atoms with E-state index in [9.17, 15) is 13.5 Å². The van der Waals surface area contributed by atoms with Crippen LogP contribution in [0.4, 0.5) is 0 Å². The minimum absolute atomic E-state index is 0. The summed E-state index contributed by atoms with van der Waals surface area (Å²) in [5, 5.41) is 13.1. The second-order valence-corrected chi connectivity index (χ2v) is 7.96. The first-order chi connectivity index (χ1) is 10.5. The zero-order valence-corrected chi connectivity index (χ0v) is 14.4. The molecule has 0 fully saturated rings. The molecular weight excluding hydrogens is 334 g/mol. The molecule has 2 aromatic rings. The summed E-state index contributed by atoms with van der Waals surface area (Å²) in [6, 6.07) is 16.5. The minimum atomic E-state index is -3.46. The fraction of sp³-hybridized carbons (Fsp3) is 0.294. The van der Waals surface area contributed by atoms with Gasteiger partial charge >= 0.3 is 0 Å². The molecule has 0 saturated heterocycles. The van der Waals surface area contributed by atoms with Crippen molar-refractivity contribution in [1.82, 2.24) is 5.32 Å². The Hall–Kier alpha value is -1.40. The van der Waals surface area contributed by atoms with Crippen LogP contribution in [0.2, 0.25) is 0 Å². The molecule has 1 aliphatic rings. The van der Waals surface area contributed by atoms with E-state index in [0.717, 1.165) is 11.1 Å². The van der Waals surface area contributed by atoms with Gasteiger partial charge in [-0.05, 0) is 24.1 Å². The minimum Gasteiger partial charge on any atom is -0.394 e. The summed E-state index contributed by atoms with van der Waals surface area (Å²) in [5.74, 6) is -0.128. The van der Waals surface area contributed by atoms with Crippen LogP contribution < -0.4 is 5.32 Å². The highest BCUT2D eigenvalue weighted by Gasteiger charge is 2.39. The van der Waals surface area contributed by atoms with Crippen LogP contribution in [0.1, 0.15) is 24.1 Å². The molecule has 1 aliphatic heterocycles. The Morgan fingerprint density at radius 1 is 1.13 bits per heavy atom. The van der Waals surface area contributed by atoms with Gasteiger partial charge in [0.2, 0.25) is 0 Å². The number of sulfone groups is 1. The maximum atomic E-state index is 12.7. The van der Waals surface area contributed by atoms with Crippen molar-refractivity contribution in [3.05, 3.63) is 65.7 Å². The highest BCUT2D eigenvalue weighted by Crippen LogP contribution is 2.34. The number of aliphatic hydroxyl groups excluding tert-OH is 1. The van der Waals surface area contributed by atoms with Crippen molar-refractivity contribution in [2.45, 2.75) is 23.4 Å². The van der Waals surface area contributed by atoms with Gasteiger partial charge in [-0.3, -0.25) is 5.32 Å². The van der Waals surface area contributed by atoms with E-state index in [0.29, 0.717) is 4.90 Å². The Morgan fingerprint density at radius 2 is 1.74 bits per heavy atom. The molecule has 2 aromatic carbocycles. The highest BCUT2D eigenvalue weighted by atomic mass is 35.5. The van der Waals surface area contributed by atoms with Gasteiger partial charge < -0.3 is 5.11 Å². The zero-order valence-electron chi connectivity index (χ0n) is 12.8. The van der Waals surface area contributed by atoms with E-state index in [1.807, 2.05) is 42.5 Å². The monoisotopic (exact) mass is 353 g/mol. The molecule has 0 aliphatic carbocycles. The van der Waals surface area contributed by atoms with E-state index in [4.69, 9.17) is 0 Å². The van der Waals surface area contributed by atoms with E-state index < -0.39 is 15.4 Å². The van der Waals surface area contributed by atoms with Crippen LogP contribution in [0.25, 0.3) is 0 Å². The molecule has 0 aromatic heterocycles. The molecule has 1 heterocycles. The average Bonchev–Trinajstić information content (AvgIpc) is 2.62. The summed E-state index contributed by atoms with van der Waals surface area (Å²) in [6.45, 7) is 1.50. The summed E-state index contributed by atoms with van der Waals surface area (Å²) in [7, 11) is -3.46. The molecule has 0 unspecified atom stereocenters. The van der Waals surface area contributed by atoms with Crippen LogP contribution in [0.3, 0.4) is 0 Å². The van der Waals surface area contributed by atoms with E-state index in [-0.39, 0.29) is 30.8 Å². The van der Waals surface area contributed by atoms with Gasteiger partial charge in [0.05, 0.1) is 28.8 Å². The average molecular weight is 354 g/mol. The van der Waals surface area contributed by atoms with Crippen LogP contribution in [0, 0.1) is 0 Å². The van der Waals surface area contributed by atoms with Crippen LogP contribution in [-0.4, -0.2) is 31.4 Å². The molecule has 124 valence electrons. The zero-order chi connectivity index (χ0) is 15.8. The molecule has 0 radical (unpaired) electrons. The maximum absolute atomic E-state index is 12.7. The Balaban J connectivity index is 0.00000192. The van der Waals surface area contributed by atoms with Gasteiger partial charge in [-0.1, -0.05) is 48.5 Å². The Morgan fingerprint density at radius 3 is 2.39 bits per heavy atom. The number of hydrogen-bond donors (Lipinski definition) is 2. The maximum Gasteiger partial charge on any atom is 0.180 e. The first-order valence-electron chi connectivity index (χ1n) is 7.20. The summed E-state index contributed by atoms with van der Waals surface area (Å²) in [4.78, 5) is 0.341. The second-order valence-electron chi connectivity index (χ2n) is 6.00. The Kier molecular flexibility index (Phi) is 5.16. The number of halogens is 1. The molecule has 2 N–H and O–H groups in total. The van der Waals surface area contributed by atoms with Gasteiger partial charge in [-0.15, -0.1) is 12.4 Å². The molecule has 3 rings (SSSR count). The molecule has 0 saturated carbocycles. The Labute approximate surface area is 142 Å². The fourth-order valence-corrected chi connectivity index (χ4v) is 4.97. The molecule has 0 bridgehead atoms. The lowest BCUT2D eigenvalue weighted by atomic mass is 9.95. The van der Waals surface area contributed by atoms with Crippen molar-refractivity contribution in [2.75, 3.05) is 12.4 Å². The smallest absolute Gasteiger partial charge is 0.180 e. The lowest BCUT2D eigenvalue weighted by molar-refractivity contribution is 0.183. The third kappa shape index (κ3) is 3.43. The normalized spacial score (nSPS) is 25.7. The summed E-state index contributed by atoms with van der Waals surface area (Å²) in [6.07, 6.45) is 0. The summed E-state index contributed by atoms with van der Waals surface area (Å²) < 4.78 is 25.4. The predicted molar refractivity (Wildman–Crippen MR) is 92.7 cm³/mol. The Bertz CT molecular complexity index is 779. The second kappa shape index (κ2) is 6.61. The molecule has 2 atom stereocenters. The van der Waals surface area contributed by atoms with Gasteiger partial charge in [-0.2, -0.15) is 0 Å². The van der Waals surface area contributed by atoms with Crippen molar-refractivity contribution < 1.29 is 13.5 Å². The first kappa shape index (κ1) is 17.9. The predicted octanol–water partition coefficient (Wildman–Crippen LogP) is 2.33. The van der Waals surface area contributed by atoms with Crippen LogP contribution in [0.5, 0.6) is 0 Å². The number of aliphatic hydroxyl groups is 1. The lowest BCUT2D eigenvalue weighted by Gasteiger charge is -2.31. The van der Waals surface area contributed by atoms with Gasteiger partial charge in [-0.25, -0.2) is 8.42 Å². The van der Waals surface area contributed by atoms with E-state index in [2.05, 4.69) is 5.32 Å². The topological polar surface area (TPSA) is 66.4 Å². The van der Waals surface area contributed by atoms with Crippen LogP contribution in [-0.2, 0) is 9.84 Å². The third-order valence-electron chi connectivity index (χ3n) is 4.05. The standard InChI is InChI=1S/C17H19NO3S.ClH/c1-17(11-19)12-22(20,21)15-10-6-5-9-14(15)16(18-17)13-7-3-2-4-8-13;/h2-10,16,18-19H,11-12H2,1H3;1H/t16-,17+;/m1./s1. The van der Waals surface area contributed by atoms with Gasteiger partial charge in [0.15, 0.2) is 9.84 Å². The fourth-order valence-electron chi connectivity index (χ4n) is 2.97. The number of hydrogen-bond acceptors (Lipinski definition) is 4. The highest BCUT2D eigenvalue weighted by molar-refractivity contribution is 7.91. The number of fused-ring (bicyclic) bond motifs is 1.